The Bertz CT molecular complexity index is 1100. The summed E-state index contributed by atoms with van der Waals surface area (Å²) < 4.78 is 0. The van der Waals surface area contributed by atoms with E-state index in [-0.39, 0.29) is 5.56 Å². The highest BCUT2D eigenvalue weighted by molar-refractivity contribution is 6.03. The van der Waals surface area contributed by atoms with Crippen LogP contribution in [0.25, 0.3) is 33.5 Å². The molecule has 0 bridgehead atoms. The van der Waals surface area contributed by atoms with Gasteiger partial charge in [-0.15, -0.1) is 0 Å². The first-order valence-electron chi connectivity index (χ1n) is 7.73. The third-order valence-electron chi connectivity index (χ3n) is 4.03. The van der Waals surface area contributed by atoms with Crippen LogP contribution >= 0.6 is 0 Å². The van der Waals surface area contributed by atoms with Crippen LogP contribution < -0.4 is 0 Å². The fraction of sp³-hybridized carbons (Fsp3) is 0.0526. The van der Waals surface area contributed by atoms with Gasteiger partial charge in [-0.3, -0.25) is 9.97 Å². The number of aromatic amines is 1. The average molecular weight is 330 g/mol. The van der Waals surface area contributed by atoms with Crippen molar-refractivity contribution in [3.63, 3.8) is 0 Å². The van der Waals surface area contributed by atoms with Crippen LogP contribution in [-0.4, -0.2) is 31.0 Å². The molecule has 1 aromatic carbocycles. The number of aromatic nitrogens is 4. The summed E-state index contributed by atoms with van der Waals surface area (Å²) >= 11 is 0. The molecule has 0 amide bonds. The highest BCUT2D eigenvalue weighted by Crippen LogP contribution is 2.30. The van der Waals surface area contributed by atoms with Gasteiger partial charge >= 0.3 is 5.97 Å². The zero-order valence-corrected chi connectivity index (χ0v) is 13.4. The van der Waals surface area contributed by atoms with Crippen LogP contribution in [0.4, 0.5) is 0 Å². The Balaban J connectivity index is 1.91. The van der Waals surface area contributed by atoms with Gasteiger partial charge in [0.25, 0.3) is 0 Å². The van der Waals surface area contributed by atoms with E-state index in [0.717, 1.165) is 28.3 Å². The van der Waals surface area contributed by atoms with Gasteiger partial charge < -0.3 is 10.1 Å². The summed E-state index contributed by atoms with van der Waals surface area (Å²) in [4.78, 5) is 27.8. The van der Waals surface area contributed by atoms with Gasteiger partial charge in [-0.1, -0.05) is 12.1 Å². The van der Waals surface area contributed by atoms with E-state index in [1.807, 2.05) is 31.2 Å². The number of nitrogens with one attached hydrogen (secondary N) is 1. The molecule has 0 aliphatic rings. The summed E-state index contributed by atoms with van der Waals surface area (Å²) in [6.07, 6.45) is 3.11. The molecule has 0 radical (unpaired) electrons. The molecule has 2 N–H and O–H groups in total. The van der Waals surface area contributed by atoms with Gasteiger partial charge in [0.2, 0.25) is 0 Å². The second-order valence-electron chi connectivity index (χ2n) is 5.69. The van der Waals surface area contributed by atoms with Crippen molar-refractivity contribution in [3.8, 4) is 22.6 Å². The molecule has 4 aromatic rings. The first-order chi connectivity index (χ1) is 12.1. The Morgan fingerprint density at radius 1 is 1.12 bits per heavy atom. The Morgan fingerprint density at radius 3 is 2.80 bits per heavy atom. The van der Waals surface area contributed by atoms with Crippen LogP contribution in [0.1, 0.15) is 16.1 Å². The van der Waals surface area contributed by atoms with Crippen molar-refractivity contribution in [3.05, 3.63) is 66.2 Å². The number of fused-ring (bicyclic) bond motifs is 1. The van der Waals surface area contributed by atoms with Gasteiger partial charge in [0.05, 0.1) is 34.5 Å². The SMILES string of the molecule is Cc1cccc(-c2[nH]cnc2-c2ccc3nccc(C(=O)O)c3c2)n1. The topological polar surface area (TPSA) is 91.8 Å². The van der Waals surface area contributed by atoms with E-state index in [2.05, 4.69) is 19.9 Å². The average Bonchev–Trinajstić information content (AvgIpc) is 3.10. The molecule has 0 unspecified atom stereocenters. The maximum atomic E-state index is 11.5. The molecule has 6 nitrogen and oxygen atoms in total. The van der Waals surface area contributed by atoms with Gasteiger partial charge in [0, 0.05) is 22.8 Å². The second-order valence-corrected chi connectivity index (χ2v) is 5.69. The third-order valence-corrected chi connectivity index (χ3v) is 4.03. The molecule has 3 aromatic heterocycles. The Hall–Kier alpha value is -3.54. The maximum Gasteiger partial charge on any atom is 0.336 e. The Labute approximate surface area is 143 Å². The third kappa shape index (κ3) is 2.63. The molecule has 0 aliphatic heterocycles. The highest BCUT2D eigenvalue weighted by atomic mass is 16.4. The van der Waals surface area contributed by atoms with Crippen molar-refractivity contribution >= 4 is 16.9 Å². The van der Waals surface area contributed by atoms with Gasteiger partial charge in [-0.05, 0) is 37.3 Å². The minimum atomic E-state index is -0.979. The number of benzene rings is 1. The largest absolute Gasteiger partial charge is 0.478 e. The van der Waals surface area contributed by atoms with E-state index in [9.17, 15) is 9.90 Å². The summed E-state index contributed by atoms with van der Waals surface area (Å²) in [6, 6.07) is 12.8. The molecule has 0 atom stereocenters. The van der Waals surface area contributed by atoms with Gasteiger partial charge in [0.1, 0.15) is 0 Å². The minimum absolute atomic E-state index is 0.220. The standard InChI is InChI=1S/C19H14N4O2/c1-11-3-2-4-16(23-11)18-17(21-10-22-18)12-5-6-15-14(9-12)13(19(24)25)7-8-20-15/h2-10H,1H3,(H,21,22)(H,24,25). The van der Waals surface area contributed by atoms with Crippen LogP contribution in [0.2, 0.25) is 0 Å². The molecule has 4 rings (SSSR count). The summed E-state index contributed by atoms with van der Waals surface area (Å²) in [5.41, 5.74) is 4.88. The van der Waals surface area contributed by atoms with Crippen molar-refractivity contribution in [2.75, 3.05) is 0 Å². The predicted octanol–water partition coefficient (Wildman–Crippen LogP) is 3.69. The number of imidazole rings is 1. The number of carboxylic acids is 1. The smallest absolute Gasteiger partial charge is 0.336 e. The molecule has 0 aliphatic carbocycles. The minimum Gasteiger partial charge on any atom is -0.478 e. The summed E-state index contributed by atoms with van der Waals surface area (Å²) in [5.74, 6) is -0.979. The molecular weight excluding hydrogens is 316 g/mol. The molecule has 3 heterocycles. The van der Waals surface area contributed by atoms with Gasteiger partial charge in [0.15, 0.2) is 0 Å². The van der Waals surface area contributed by atoms with E-state index in [0.29, 0.717) is 10.9 Å². The van der Waals surface area contributed by atoms with Crippen molar-refractivity contribution in [1.29, 1.82) is 0 Å². The number of rotatable bonds is 3. The lowest BCUT2D eigenvalue weighted by molar-refractivity contribution is 0.0699. The van der Waals surface area contributed by atoms with E-state index < -0.39 is 5.97 Å². The molecule has 25 heavy (non-hydrogen) atoms. The lowest BCUT2D eigenvalue weighted by Gasteiger charge is -2.06. The molecule has 6 heteroatoms. The summed E-state index contributed by atoms with van der Waals surface area (Å²) in [5, 5.41) is 9.99. The Morgan fingerprint density at radius 2 is 2.00 bits per heavy atom. The van der Waals surface area contributed by atoms with E-state index in [1.54, 1.807) is 18.5 Å². The Kier molecular flexibility index (Phi) is 3.50. The van der Waals surface area contributed by atoms with Crippen LogP contribution in [0.3, 0.4) is 0 Å². The molecule has 122 valence electrons. The van der Waals surface area contributed by atoms with Crippen molar-refractivity contribution in [1.82, 2.24) is 19.9 Å². The normalized spacial score (nSPS) is 10.9. The summed E-state index contributed by atoms with van der Waals surface area (Å²) in [7, 11) is 0. The van der Waals surface area contributed by atoms with E-state index in [1.165, 1.54) is 12.3 Å². The molecular formula is C19H14N4O2. The molecule has 0 saturated heterocycles. The summed E-state index contributed by atoms with van der Waals surface area (Å²) in [6.45, 7) is 1.93. The number of pyridine rings is 2. The van der Waals surface area contributed by atoms with Crippen molar-refractivity contribution in [2.45, 2.75) is 6.92 Å². The monoisotopic (exact) mass is 330 g/mol. The second kappa shape index (κ2) is 5.83. The van der Waals surface area contributed by atoms with E-state index in [4.69, 9.17) is 0 Å². The molecule has 0 spiro atoms. The van der Waals surface area contributed by atoms with Gasteiger partial charge in [-0.25, -0.2) is 9.78 Å². The predicted molar refractivity (Wildman–Crippen MR) is 94.3 cm³/mol. The number of hydrogen-bond acceptors (Lipinski definition) is 4. The number of H-pyrrole nitrogens is 1. The lowest BCUT2D eigenvalue weighted by Crippen LogP contribution is -1.98. The maximum absolute atomic E-state index is 11.5. The first kappa shape index (κ1) is 15.0. The zero-order chi connectivity index (χ0) is 17.4. The first-order valence-corrected chi connectivity index (χ1v) is 7.73. The van der Waals surface area contributed by atoms with Crippen LogP contribution in [0, 0.1) is 6.92 Å². The van der Waals surface area contributed by atoms with Gasteiger partial charge in [-0.2, -0.15) is 0 Å². The number of hydrogen-bond donors (Lipinski definition) is 2. The fourth-order valence-electron chi connectivity index (χ4n) is 2.87. The van der Waals surface area contributed by atoms with E-state index >= 15 is 0 Å². The van der Waals surface area contributed by atoms with Crippen LogP contribution in [-0.2, 0) is 0 Å². The van der Waals surface area contributed by atoms with Crippen LogP contribution in [0.15, 0.2) is 55.0 Å². The molecule has 0 saturated carbocycles. The van der Waals surface area contributed by atoms with Crippen molar-refractivity contribution < 1.29 is 9.90 Å². The highest BCUT2D eigenvalue weighted by Gasteiger charge is 2.15. The molecule has 0 fully saturated rings. The van der Waals surface area contributed by atoms with Crippen molar-refractivity contribution in [2.24, 2.45) is 0 Å². The fourth-order valence-corrected chi connectivity index (χ4v) is 2.87. The number of aromatic carboxylic acids is 1. The number of carboxylic acid groups (broad SMARTS) is 1. The lowest BCUT2D eigenvalue weighted by atomic mass is 10.0. The zero-order valence-electron chi connectivity index (χ0n) is 13.4. The number of carbonyl (C=O) groups is 1. The quantitative estimate of drug-likeness (QED) is 0.597. The number of aryl methyl sites for hydroxylation is 1. The number of nitrogens with zero attached hydrogens (tertiary/aromatic N) is 3. The van der Waals surface area contributed by atoms with Crippen LogP contribution in [0.5, 0.6) is 0 Å².